The van der Waals surface area contributed by atoms with Crippen molar-refractivity contribution >= 4 is 23.4 Å². The van der Waals surface area contributed by atoms with Crippen molar-refractivity contribution in [2.75, 3.05) is 13.2 Å². The maximum absolute atomic E-state index is 13.5. The molecule has 0 spiro atoms. The quantitative estimate of drug-likeness (QED) is 0.421. The Morgan fingerprint density at radius 2 is 1.62 bits per heavy atom. The monoisotopic (exact) mass is 482 g/mol. The van der Waals surface area contributed by atoms with E-state index in [2.05, 4.69) is 5.32 Å². The number of hydrogen-bond donors (Lipinski definition) is 1. The van der Waals surface area contributed by atoms with E-state index in [1.54, 1.807) is 48.5 Å². The predicted octanol–water partition coefficient (Wildman–Crippen LogP) is 5.40. The molecule has 178 valence electrons. The first-order chi connectivity index (χ1) is 16.3. The molecule has 0 saturated heterocycles. The molecule has 1 atom stereocenters. The lowest BCUT2D eigenvalue weighted by Gasteiger charge is -2.32. The minimum Gasteiger partial charge on any atom is -0.482 e. The SMILES string of the molecule is CC(C)CNC(=O)C(c1ccccc1)N(Cc1ccc(F)cc1)C(=O)COc1ccccc1Cl. The summed E-state index contributed by atoms with van der Waals surface area (Å²) < 4.78 is 19.2. The first-order valence-electron chi connectivity index (χ1n) is 11.1. The molecule has 3 rings (SSSR count). The van der Waals surface area contributed by atoms with Gasteiger partial charge >= 0.3 is 0 Å². The lowest BCUT2D eigenvalue weighted by molar-refractivity contribution is -0.143. The van der Waals surface area contributed by atoms with Crippen LogP contribution in [0.15, 0.2) is 78.9 Å². The van der Waals surface area contributed by atoms with E-state index in [0.717, 1.165) is 0 Å². The van der Waals surface area contributed by atoms with Gasteiger partial charge < -0.3 is 15.0 Å². The van der Waals surface area contributed by atoms with Crippen LogP contribution in [-0.2, 0) is 16.1 Å². The van der Waals surface area contributed by atoms with Crippen LogP contribution in [0.1, 0.15) is 31.0 Å². The largest absolute Gasteiger partial charge is 0.482 e. The molecule has 1 N–H and O–H groups in total. The summed E-state index contributed by atoms with van der Waals surface area (Å²) in [6.45, 7) is 4.25. The second-order valence-electron chi connectivity index (χ2n) is 8.32. The summed E-state index contributed by atoms with van der Waals surface area (Å²) in [6, 6.07) is 20.9. The maximum Gasteiger partial charge on any atom is 0.261 e. The third-order valence-corrected chi connectivity index (χ3v) is 5.45. The van der Waals surface area contributed by atoms with Crippen molar-refractivity contribution < 1.29 is 18.7 Å². The molecule has 0 aliphatic rings. The van der Waals surface area contributed by atoms with E-state index >= 15 is 0 Å². The van der Waals surface area contributed by atoms with Gasteiger partial charge in [-0.05, 0) is 41.3 Å². The van der Waals surface area contributed by atoms with E-state index in [9.17, 15) is 14.0 Å². The van der Waals surface area contributed by atoms with Crippen LogP contribution < -0.4 is 10.1 Å². The summed E-state index contributed by atoms with van der Waals surface area (Å²) in [4.78, 5) is 28.3. The van der Waals surface area contributed by atoms with Crippen molar-refractivity contribution in [2.24, 2.45) is 5.92 Å². The molecule has 0 fully saturated rings. The van der Waals surface area contributed by atoms with Crippen molar-refractivity contribution in [1.29, 1.82) is 0 Å². The molecule has 0 aromatic heterocycles. The molecule has 0 aliphatic heterocycles. The van der Waals surface area contributed by atoms with Gasteiger partial charge in [-0.1, -0.05) is 80.0 Å². The number of halogens is 2. The number of amides is 2. The van der Waals surface area contributed by atoms with Crippen molar-refractivity contribution in [3.8, 4) is 5.75 Å². The van der Waals surface area contributed by atoms with Crippen LogP contribution in [0.25, 0.3) is 0 Å². The first-order valence-corrected chi connectivity index (χ1v) is 11.5. The topological polar surface area (TPSA) is 58.6 Å². The Bertz CT molecular complexity index is 1090. The van der Waals surface area contributed by atoms with E-state index < -0.39 is 11.9 Å². The summed E-state index contributed by atoms with van der Waals surface area (Å²) >= 11 is 6.16. The van der Waals surface area contributed by atoms with Gasteiger partial charge in [-0.25, -0.2) is 4.39 Å². The molecule has 3 aromatic carbocycles. The van der Waals surface area contributed by atoms with Crippen LogP contribution in [0.5, 0.6) is 5.75 Å². The van der Waals surface area contributed by atoms with Crippen molar-refractivity contribution in [3.05, 3.63) is 101 Å². The number of para-hydroxylation sites is 1. The summed E-state index contributed by atoms with van der Waals surface area (Å²) in [5, 5.41) is 3.32. The minimum absolute atomic E-state index is 0.0969. The Hall–Kier alpha value is -3.38. The molecular weight excluding hydrogens is 455 g/mol. The molecule has 2 amide bonds. The normalized spacial score (nSPS) is 11.7. The fourth-order valence-electron chi connectivity index (χ4n) is 3.40. The lowest BCUT2D eigenvalue weighted by Crippen LogP contribution is -2.45. The lowest BCUT2D eigenvalue weighted by atomic mass is 10.0. The highest BCUT2D eigenvalue weighted by Crippen LogP contribution is 2.26. The van der Waals surface area contributed by atoms with Gasteiger partial charge in [0.05, 0.1) is 5.02 Å². The second-order valence-corrected chi connectivity index (χ2v) is 8.73. The average Bonchev–Trinajstić information content (AvgIpc) is 2.83. The van der Waals surface area contributed by atoms with Gasteiger partial charge in [0.25, 0.3) is 5.91 Å². The second kappa shape index (κ2) is 12.2. The Kier molecular flexibility index (Phi) is 9.05. The number of rotatable bonds is 10. The minimum atomic E-state index is -0.896. The number of ether oxygens (including phenoxy) is 1. The van der Waals surface area contributed by atoms with Crippen molar-refractivity contribution in [2.45, 2.75) is 26.4 Å². The van der Waals surface area contributed by atoms with Crippen LogP contribution in [0.3, 0.4) is 0 Å². The first kappa shape index (κ1) is 25.2. The molecule has 3 aromatic rings. The highest BCUT2D eigenvalue weighted by molar-refractivity contribution is 6.32. The predicted molar refractivity (Wildman–Crippen MR) is 131 cm³/mol. The Labute approximate surface area is 204 Å². The number of benzene rings is 3. The van der Waals surface area contributed by atoms with Crippen LogP contribution in [-0.4, -0.2) is 29.9 Å². The Balaban J connectivity index is 1.93. The molecule has 0 heterocycles. The summed E-state index contributed by atoms with van der Waals surface area (Å²) in [5.41, 5.74) is 1.35. The number of hydrogen-bond acceptors (Lipinski definition) is 3. The van der Waals surface area contributed by atoms with Crippen molar-refractivity contribution in [3.63, 3.8) is 0 Å². The zero-order valence-corrected chi connectivity index (χ0v) is 20.0. The van der Waals surface area contributed by atoms with Gasteiger partial charge in [-0.3, -0.25) is 9.59 Å². The highest BCUT2D eigenvalue weighted by atomic mass is 35.5. The molecule has 34 heavy (non-hydrogen) atoms. The fraction of sp³-hybridized carbons (Fsp3) is 0.259. The van der Waals surface area contributed by atoms with Gasteiger partial charge in [0.2, 0.25) is 5.91 Å². The number of carbonyl (C=O) groups excluding carboxylic acids is 2. The number of nitrogens with zero attached hydrogens (tertiary/aromatic N) is 1. The van der Waals surface area contributed by atoms with E-state index in [0.29, 0.717) is 28.4 Å². The zero-order valence-electron chi connectivity index (χ0n) is 19.2. The van der Waals surface area contributed by atoms with E-state index in [1.165, 1.54) is 17.0 Å². The summed E-state index contributed by atoms with van der Waals surface area (Å²) in [5.74, 6) is -0.464. The number of nitrogens with one attached hydrogen (secondary N) is 1. The van der Waals surface area contributed by atoms with E-state index in [4.69, 9.17) is 16.3 Å². The van der Waals surface area contributed by atoms with Crippen LogP contribution in [0.4, 0.5) is 4.39 Å². The zero-order chi connectivity index (χ0) is 24.5. The van der Waals surface area contributed by atoms with Gasteiger partial charge in [0.1, 0.15) is 17.6 Å². The van der Waals surface area contributed by atoms with Gasteiger partial charge in [0.15, 0.2) is 6.61 Å². The van der Waals surface area contributed by atoms with Crippen LogP contribution in [0, 0.1) is 11.7 Å². The third-order valence-electron chi connectivity index (χ3n) is 5.13. The van der Waals surface area contributed by atoms with Gasteiger partial charge in [-0.2, -0.15) is 0 Å². The van der Waals surface area contributed by atoms with Crippen molar-refractivity contribution in [1.82, 2.24) is 10.2 Å². The summed E-state index contributed by atoms with van der Waals surface area (Å²) in [7, 11) is 0. The summed E-state index contributed by atoms with van der Waals surface area (Å²) in [6.07, 6.45) is 0. The third kappa shape index (κ3) is 7.06. The standard InChI is InChI=1S/C27H28ClFN2O3/c1-19(2)16-30-27(33)26(21-8-4-3-5-9-21)31(17-20-12-14-22(29)15-13-20)25(32)18-34-24-11-7-6-10-23(24)28/h3-15,19,26H,16-18H2,1-2H3,(H,30,33). The smallest absolute Gasteiger partial charge is 0.261 e. The maximum atomic E-state index is 13.5. The van der Waals surface area contributed by atoms with E-state index in [1.807, 2.05) is 32.0 Å². The molecule has 7 heteroatoms. The Morgan fingerprint density at radius 1 is 0.971 bits per heavy atom. The molecule has 0 radical (unpaired) electrons. The molecule has 0 bridgehead atoms. The Morgan fingerprint density at radius 3 is 2.26 bits per heavy atom. The molecule has 0 saturated carbocycles. The fourth-order valence-corrected chi connectivity index (χ4v) is 3.59. The average molecular weight is 483 g/mol. The van der Waals surface area contributed by atoms with Crippen LogP contribution >= 0.6 is 11.6 Å². The van der Waals surface area contributed by atoms with Gasteiger partial charge in [0, 0.05) is 13.1 Å². The number of carbonyl (C=O) groups is 2. The van der Waals surface area contributed by atoms with Crippen LogP contribution in [0.2, 0.25) is 5.02 Å². The highest BCUT2D eigenvalue weighted by Gasteiger charge is 2.32. The van der Waals surface area contributed by atoms with E-state index in [-0.39, 0.29) is 30.8 Å². The molecule has 1 unspecified atom stereocenters. The molecular formula is C27H28ClFN2O3. The molecule has 5 nitrogen and oxygen atoms in total. The van der Waals surface area contributed by atoms with Gasteiger partial charge in [-0.15, -0.1) is 0 Å². The molecule has 0 aliphatic carbocycles.